The fourth-order valence-corrected chi connectivity index (χ4v) is 2.77. The summed E-state index contributed by atoms with van der Waals surface area (Å²) in [6, 6.07) is 9.40. The summed E-state index contributed by atoms with van der Waals surface area (Å²) in [6.45, 7) is 7.86. The number of imide groups is 1. The molecule has 1 aromatic carbocycles. The van der Waals surface area contributed by atoms with Gasteiger partial charge < -0.3 is 10.1 Å². The molecule has 7 nitrogen and oxygen atoms in total. The zero-order chi connectivity index (χ0) is 18.6. The highest BCUT2D eigenvalue weighted by Crippen LogP contribution is 2.08. The van der Waals surface area contributed by atoms with Crippen molar-refractivity contribution in [1.82, 2.24) is 20.4 Å². The molecule has 0 aliphatic carbocycles. The summed E-state index contributed by atoms with van der Waals surface area (Å²) in [5, 5.41) is 5.07. The van der Waals surface area contributed by atoms with Crippen molar-refractivity contribution in [2.75, 3.05) is 52.4 Å². The summed E-state index contributed by atoms with van der Waals surface area (Å²) in [7, 11) is 0. The molecule has 3 amide bonds. The van der Waals surface area contributed by atoms with Gasteiger partial charge in [0.2, 0.25) is 5.91 Å². The molecular weight excluding hydrogens is 332 g/mol. The van der Waals surface area contributed by atoms with Crippen molar-refractivity contribution in [3.63, 3.8) is 0 Å². The molecule has 1 fully saturated rings. The molecule has 1 saturated heterocycles. The lowest BCUT2D eigenvalue weighted by molar-refractivity contribution is -0.121. The van der Waals surface area contributed by atoms with E-state index in [0.29, 0.717) is 13.2 Å². The van der Waals surface area contributed by atoms with E-state index in [1.54, 1.807) is 0 Å². The number of carbonyl (C=O) groups excluding carboxylic acids is 2. The first-order chi connectivity index (χ1) is 12.7. The molecule has 2 N–H and O–H groups in total. The minimum absolute atomic E-state index is 0.250. The fourth-order valence-electron chi connectivity index (χ4n) is 2.77. The standard InChI is InChI=1S/C19H30N4O3/c1-2-3-9-20-19(25)21-18(24)16-23-12-10-22(11-13-23)14-15-26-17-7-5-4-6-8-17/h4-8H,2-3,9-16H2,1H3,(H2,20,21,24,25). The van der Waals surface area contributed by atoms with Crippen LogP contribution in [0.4, 0.5) is 4.79 Å². The summed E-state index contributed by atoms with van der Waals surface area (Å²) in [6.07, 6.45) is 1.92. The van der Waals surface area contributed by atoms with Gasteiger partial charge in [-0.05, 0) is 18.6 Å². The van der Waals surface area contributed by atoms with Gasteiger partial charge in [0.05, 0.1) is 6.54 Å². The van der Waals surface area contributed by atoms with Crippen LogP contribution in [0.15, 0.2) is 30.3 Å². The number of hydrogen-bond donors (Lipinski definition) is 2. The van der Waals surface area contributed by atoms with Crippen LogP contribution in [0, 0.1) is 0 Å². The van der Waals surface area contributed by atoms with Crippen LogP contribution in [-0.2, 0) is 4.79 Å². The average Bonchev–Trinajstić information content (AvgIpc) is 2.64. The molecule has 0 aromatic heterocycles. The maximum atomic E-state index is 11.9. The molecule has 144 valence electrons. The number of hydrogen-bond acceptors (Lipinski definition) is 5. The maximum Gasteiger partial charge on any atom is 0.321 e. The minimum Gasteiger partial charge on any atom is -0.492 e. The summed E-state index contributed by atoms with van der Waals surface area (Å²) in [5.41, 5.74) is 0. The third kappa shape index (κ3) is 7.84. The van der Waals surface area contributed by atoms with Crippen molar-refractivity contribution in [1.29, 1.82) is 0 Å². The Balaban J connectivity index is 1.56. The van der Waals surface area contributed by atoms with Gasteiger partial charge in [0.15, 0.2) is 0 Å². The van der Waals surface area contributed by atoms with E-state index >= 15 is 0 Å². The van der Waals surface area contributed by atoms with Gasteiger partial charge in [0, 0.05) is 39.3 Å². The molecule has 1 aromatic rings. The van der Waals surface area contributed by atoms with Crippen molar-refractivity contribution < 1.29 is 14.3 Å². The van der Waals surface area contributed by atoms with E-state index < -0.39 is 6.03 Å². The molecule has 0 bridgehead atoms. The number of amides is 3. The van der Waals surface area contributed by atoms with Crippen molar-refractivity contribution in [2.24, 2.45) is 0 Å². The van der Waals surface area contributed by atoms with E-state index in [9.17, 15) is 9.59 Å². The van der Waals surface area contributed by atoms with Gasteiger partial charge in [-0.1, -0.05) is 31.5 Å². The van der Waals surface area contributed by atoms with Crippen LogP contribution in [0.25, 0.3) is 0 Å². The zero-order valence-electron chi connectivity index (χ0n) is 15.6. The van der Waals surface area contributed by atoms with Crippen LogP contribution in [0.5, 0.6) is 5.75 Å². The van der Waals surface area contributed by atoms with Gasteiger partial charge in [-0.3, -0.25) is 19.9 Å². The van der Waals surface area contributed by atoms with E-state index in [-0.39, 0.29) is 12.5 Å². The molecule has 0 spiro atoms. The Morgan fingerprint density at radius 1 is 1.08 bits per heavy atom. The summed E-state index contributed by atoms with van der Waals surface area (Å²) >= 11 is 0. The highest BCUT2D eigenvalue weighted by atomic mass is 16.5. The first kappa shape index (κ1) is 20.2. The highest BCUT2D eigenvalue weighted by molar-refractivity contribution is 5.95. The Hall–Kier alpha value is -2.12. The van der Waals surface area contributed by atoms with E-state index in [1.165, 1.54) is 0 Å². The summed E-state index contributed by atoms with van der Waals surface area (Å²) < 4.78 is 5.72. The molecule has 7 heteroatoms. The third-order valence-electron chi connectivity index (χ3n) is 4.32. The SMILES string of the molecule is CCCCNC(=O)NC(=O)CN1CCN(CCOc2ccccc2)CC1. The number of unbranched alkanes of at least 4 members (excludes halogenated alkanes) is 1. The second-order valence-electron chi connectivity index (χ2n) is 6.44. The van der Waals surface area contributed by atoms with Crippen LogP contribution < -0.4 is 15.4 Å². The lowest BCUT2D eigenvalue weighted by atomic mass is 10.3. The molecule has 0 radical (unpaired) electrons. The summed E-state index contributed by atoms with van der Waals surface area (Å²) in [5.74, 6) is 0.639. The minimum atomic E-state index is -0.403. The first-order valence-electron chi connectivity index (χ1n) is 9.37. The van der Waals surface area contributed by atoms with Gasteiger partial charge >= 0.3 is 6.03 Å². The molecule has 1 aliphatic heterocycles. The molecule has 0 unspecified atom stereocenters. The Morgan fingerprint density at radius 2 is 1.77 bits per heavy atom. The molecule has 1 heterocycles. The van der Waals surface area contributed by atoms with E-state index in [0.717, 1.165) is 51.3 Å². The molecule has 0 saturated carbocycles. The van der Waals surface area contributed by atoms with Crippen LogP contribution in [0.3, 0.4) is 0 Å². The zero-order valence-corrected chi connectivity index (χ0v) is 15.6. The maximum absolute atomic E-state index is 11.9. The number of urea groups is 1. The second kappa shape index (κ2) is 11.5. The van der Waals surface area contributed by atoms with Gasteiger partial charge in [-0.15, -0.1) is 0 Å². The quantitative estimate of drug-likeness (QED) is 0.648. The topological polar surface area (TPSA) is 73.9 Å². The monoisotopic (exact) mass is 362 g/mol. The van der Waals surface area contributed by atoms with Crippen LogP contribution in [-0.4, -0.2) is 74.2 Å². The third-order valence-corrected chi connectivity index (χ3v) is 4.32. The van der Waals surface area contributed by atoms with Crippen LogP contribution in [0.1, 0.15) is 19.8 Å². The first-order valence-corrected chi connectivity index (χ1v) is 9.37. The largest absolute Gasteiger partial charge is 0.492 e. The lowest BCUT2D eigenvalue weighted by Gasteiger charge is -2.34. The van der Waals surface area contributed by atoms with Crippen LogP contribution in [0.2, 0.25) is 0 Å². The number of rotatable bonds is 9. The molecular formula is C19H30N4O3. The van der Waals surface area contributed by atoms with Crippen molar-refractivity contribution in [2.45, 2.75) is 19.8 Å². The average molecular weight is 362 g/mol. The molecule has 26 heavy (non-hydrogen) atoms. The number of carbonyl (C=O) groups is 2. The van der Waals surface area contributed by atoms with Gasteiger partial charge in [0.25, 0.3) is 0 Å². The number of nitrogens with zero attached hydrogens (tertiary/aromatic N) is 2. The molecule has 2 rings (SSSR count). The number of ether oxygens (including phenoxy) is 1. The molecule has 1 aliphatic rings. The smallest absolute Gasteiger partial charge is 0.321 e. The van der Waals surface area contributed by atoms with Gasteiger partial charge in [0.1, 0.15) is 12.4 Å². The van der Waals surface area contributed by atoms with Crippen molar-refractivity contribution in [3.05, 3.63) is 30.3 Å². The number of benzene rings is 1. The van der Waals surface area contributed by atoms with Crippen LogP contribution >= 0.6 is 0 Å². The van der Waals surface area contributed by atoms with E-state index in [2.05, 4.69) is 27.4 Å². The Kier molecular flexibility index (Phi) is 8.92. The van der Waals surface area contributed by atoms with Crippen molar-refractivity contribution in [3.8, 4) is 5.75 Å². The number of nitrogens with one attached hydrogen (secondary N) is 2. The Labute approximate surface area is 155 Å². The Morgan fingerprint density at radius 3 is 2.46 bits per heavy atom. The van der Waals surface area contributed by atoms with Crippen molar-refractivity contribution >= 4 is 11.9 Å². The lowest BCUT2D eigenvalue weighted by Crippen LogP contribution is -2.51. The second-order valence-corrected chi connectivity index (χ2v) is 6.44. The predicted molar refractivity (Wildman–Crippen MR) is 101 cm³/mol. The molecule has 0 atom stereocenters. The number of piperazine rings is 1. The van der Waals surface area contributed by atoms with E-state index in [4.69, 9.17) is 4.74 Å². The van der Waals surface area contributed by atoms with Gasteiger partial charge in [-0.25, -0.2) is 4.79 Å². The van der Waals surface area contributed by atoms with E-state index in [1.807, 2.05) is 30.3 Å². The fraction of sp³-hybridized carbons (Fsp3) is 0.579. The Bertz CT molecular complexity index is 545. The highest BCUT2D eigenvalue weighted by Gasteiger charge is 2.19. The van der Waals surface area contributed by atoms with Gasteiger partial charge in [-0.2, -0.15) is 0 Å². The summed E-state index contributed by atoms with van der Waals surface area (Å²) in [4.78, 5) is 27.9. The number of para-hydroxylation sites is 1. The predicted octanol–water partition coefficient (Wildman–Crippen LogP) is 1.31. The normalized spacial score (nSPS) is 15.4.